The van der Waals surface area contributed by atoms with Gasteiger partial charge >= 0.3 is 0 Å². The van der Waals surface area contributed by atoms with Crippen molar-refractivity contribution in [1.82, 2.24) is 10.0 Å². The van der Waals surface area contributed by atoms with E-state index in [1.165, 1.54) is 51.1 Å². The number of nitrogens with one attached hydrogen (secondary N) is 2. The molecule has 0 saturated carbocycles. The first-order chi connectivity index (χ1) is 21.4. The Morgan fingerprint density at radius 2 is 1.15 bits per heavy atom. The number of sulfonamides is 1. The van der Waals surface area contributed by atoms with Crippen molar-refractivity contribution >= 4 is 27.5 Å². The average Bonchev–Trinajstić information content (AvgIpc) is 3.35. The van der Waals surface area contributed by atoms with Gasteiger partial charge in [0.2, 0.25) is 29.2 Å². The van der Waals surface area contributed by atoms with Crippen LogP contribution in [0.5, 0.6) is 0 Å². The number of rotatable bonds is 6. The van der Waals surface area contributed by atoms with Gasteiger partial charge in [-0.15, -0.1) is 0 Å². The largest absolute Gasteiger partial charge is 0.501 e. The molecule has 2 unspecified atom stereocenters. The normalized spacial score (nSPS) is 20.9. The van der Waals surface area contributed by atoms with Crippen molar-refractivity contribution in [3.8, 4) is 0 Å². The number of hydrogen-bond acceptors (Lipinski definition) is 9. The number of aliphatic hydroxyl groups excluding tert-OH is 2. The molecule has 242 valence electrons. The number of halogens is 4. The van der Waals surface area contributed by atoms with Crippen LogP contribution in [0.15, 0.2) is 94.9 Å². The molecule has 4 N–H and O–H groups in total. The number of amides is 1. The predicted octanol–water partition coefficient (Wildman–Crippen LogP) is 4.13. The van der Waals surface area contributed by atoms with E-state index in [1.807, 2.05) is 4.72 Å². The maximum atomic E-state index is 13.5. The Morgan fingerprint density at radius 1 is 0.717 bits per heavy atom. The molecule has 0 radical (unpaired) electrons. The van der Waals surface area contributed by atoms with Crippen molar-refractivity contribution in [2.45, 2.75) is 36.9 Å². The molecule has 0 spiro atoms. The Kier molecular flexibility index (Phi) is 8.88. The summed E-state index contributed by atoms with van der Waals surface area (Å²) < 4.78 is 90.0. The molecular weight excluding hydrogens is 640 g/mol. The van der Waals surface area contributed by atoms with Crippen molar-refractivity contribution < 1.29 is 60.0 Å². The lowest BCUT2D eigenvalue weighted by atomic mass is 9.91. The summed E-state index contributed by atoms with van der Waals surface area (Å²) in [6.07, 6.45) is 0. The number of carbonyl (C=O) groups is 3. The number of Topliss-reactive ketones (excluding diaryl/α,β-unsaturated/α-hetero) is 2. The van der Waals surface area contributed by atoms with Crippen LogP contribution in [0, 0.1) is 23.3 Å². The van der Waals surface area contributed by atoms with Crippen LogP contribution in [-0.4, -0.2) is 36.1 Å². The fourth-order valence-electron chi connectivity index (χ4n) is 4.32. The van der Waals surface area contributed by atoms with Gasteiger partial charge in [-0.2, -0.15) is 0 Å². The van der Waals surface area contributed by atoms with Crippen LogP contribution in [0.25, 0.3) is 0 Å². The van der Waals surface area contributed by atoms with Crippen LogP contribution in [0.2, 0.25) is 0 Å². The number of ether oxygens (including phenoxy) is 2. The van der Waals surface area contributed by atoms with Crippen molar-refractivity contribution in [2.24, 2.45) is 0 Å². The first-order valence-electron chi connectivity index (χ1n) is 13.0. The van der Waals surface area contributed by atoms with Gasteiger partial charge in [0.1, 0.15) is 0 Å². The van der Waals surface area contributed by atoms with Gasteiger partial charge in [0.05, 0.1) is 4.90 Å². The Morgan fingerprint density at radius 3 is 1.59 bits per heavy atom. The highest BCUT2D eigenvalue weighted by atomic mass is 32.2. The number of carbonyl (C=O) groups excluding carboxylic acids is 3. The van der Waals surface area contributed by atoms with Crippen LogP contribution < -0.4 is 10.0 Å². The van der Waals surface area contributed by atoms with Crippen LogP contribution in [0.4, 0.5) is 17.6 Å². The highest BCUT2D eigenvalue weighted by Gasteiger charge is 2.50. The standard InChI is InChI=1S/C17H13F2NO5S.C13H11F2NO4/c1-17(10-7-8-12(18)13(19)9-10)15(22)14(21)16(25-17)20-26(23,24)11-5-3-2-4-6-11;1-6(17)16-12-10(18)11(19)13(2,20-12)7-3-4-8(14)9(15)5-7/h2-9,20-21H,1H3;3-5,18H,1-2H3,(H,16,17). The van der Waals surface area contributed by atoms with Crippen molar-refractivity contribution in [2.75, 3.05) is 0 Å². The summed E-state index contributed by atoms with van der Waals surface area (Å²) >= 11 is 0. The zero-order valence-corrected chi connectivity index (χ0v) is 24.8. The van der Waals surface area contributed by atoms with Gasteiger partial charge in [-0.05, 0) is 50.2 Å². The summed E-state index contributed by atoms with van der Waals surface area (Å²) in [4.78, 5) is 35.2. The molecule has 0 bridgehead atoms. The fraction of sp³-hybridized carbons (Fsp3) is 0.167. The molecular formula is C30H24F4N2O9S. The zero-order valence-electron chi connectivity index (χ0n) is 24.0. The molecule has 11 nitrogen and oxygen atoms in total. The molecule has 1 amide bonds. The van der Waals surface area contributed by atoms with Gasteiger partial charge in [0.15, 0.2) is 34.5 Å². The van der Waals surface area contributed by atoms with Gasteiger partial charge in [-0.25, -0.2) is 30.7 Å². The number of ketones is 2. The molecule has 0 aliphatic carbocycles. The minimum atomic E-state index is -4.13. The Labute approximate surface area is 258 Å². The van der Waals surface area contributed by atoms with E-state index in [-0.39, 0.29) is 16.0 Å². The number of benzene rings is 3. The first-order valence-corrected chi connectivity index (χ1v) is 14.5. The lowest BCUT2D eigenvalue weighted by molar-refractivity contribution is -0.132. The number of hydrogen-bond donors (Lipinski definition) is 4. The predicted molar refractivity (Wildman–Crippen MR) is 149 cm³/mol. The summed E-state index contributed by atoms with van der Waals surface area (Å²) in [7, 11) is -4.13. The summed E-state index contributed by atoms with van der Waals surface area (Å²) in [6.45, 7) is 3.66. The molecule has 16 heteroatoms. The van der Waals surface area contributed by atoms with Crippen LogP contribution in [-0.2, 0) is 45.1 Å². The Bertz CT molecular complexity index is 1930. The maximum Gasteiger partial charge on any atom is 0.264 e. The third kappa shape index (κ3) is 6.24. The second-order valence-corrected chi connectivity index (χ2v) is 11.8. The molecule has 2 heterocycles. The fourth-order valence-corrected chi connectivity index (χ4v) is 5.33. The smallest absolute Gasteiger partial charge is 0.264 e. The van der Waals surface area contributed by atoms with E-state index in [4.69, 9.17) is 9.47 Å². The maximum absolute atomic E-state index is 13.5. The molecule has 0 fully saturated rings. The second kappa shape index (κ2) is 12.2. The second-order valence-electron chi connectivity index (χ2n) is 10.1. The van der Waals surface area contributed by atoms with Crippen LogP contribution >= 0.6 is 0 Å². The highest BCUT2D eigenvalue weighted by molar-refractivity contribution is 7.89. The third-order valence-electron chi connectivity index (χ3n) is 6.85. The lowest BCUT2D eigenvalue weighted by Crippen LogP contribution is -2.32. The zero-order chi connectivity index (χ0) is 34.2. The summed E-state index contributed by atoms with van der Waals surface area (Å²) in [5.74, 6) is -9.77. The molecule has 5 rings (SSSR count). The summed E-state index contributed by atoms with van der Waals surface area (Å²) in [5.41, 5.74) is -3.70. The first kappa shape index (κ1) is 33.5. The van der Waals surface area contributed by atoms with Gasteiger partial charge in [0.25, 0.3) is 21.6 Å². The van der Waals surface area contributed by atoms with Gasteiger partial charge in [-0.1, -0.05) is 30.3 Å². The lowest BCUT2D eigenvalue weighted by Gasteiger charge is -2.23. The molecule has 2 aliphatic heterocycles. The van der Waals surface area contributed by atoms with E-state index < -0.39 is 85.3 Å². The van der Waals surface area contributed by atoms with Gasteiger partial charge < -0.3 is 19.7 Å². The van der Waals surface area contributed by atoms with E-state index in [0.29, 0.717) is 0 Å². The van der Waals surface area contributed by atoms with E-state index in [9.17, 15) is 50.6 Å². The topological polar surface area (TPSA) is 168 Å². The Balaban J connectivity index is 0.000000216. The molecule has 46 heavy (non-hydrogen) atoms. The van der Waals surface area contributed by atoms with Crippen molar-refractivity contribution in [3.05, 3.63) is 124 Å². The molecule has 2 atom stereocenters. The summed E-state index contributed by atoms with van der Waals surface area (Å²) in [5, 5.41) is 21.8. The quantitative estimate of drug-likeness (QED) is 0.283. The molecule has 0 saturated heterocycles. The average molecular weight is 665 g/mol. The van der Waals surface area contributed by atoms with Crippen molar-refractivity contribution in [3.63, 3.8) is 0 Å². The summed E-state index contributed by atoms with van der Waals surface area (Å²) in [6, 6.07) is 12.7. The van der Waals surface area contributed by atoms with E-state index in [0.717, 1.165) is 30.3 Å². The highest BCUT2D eigenvalue weighted by Crippen LogP contribution is 2.39. The molecule has 3 aromatic carbocycles. The van der Waals surface area contributed by atoms with Gasteiger partial charge in [-0.3, -0.25) is 19.7 Å². The minimum absolute atomic E-state index is 0.0216. The Hall–Kier alpha value is -5.38. The monoisotopic (exact) mass is 664 g/mol. The third-order valence-corrected chi connectivity index (χ3v) is 8.20. The molecule has 2 aliphatic rings. The van der Waals surface area contributed by atoms with Crippen LogP contribution in [0.3, 0.4) is 0 Å². The van der Waals surface area contributed by atoms with E-state index >= 15 is 0 Å². The SMILES string of the molecule is CC(=O)NC1=C(O)C(=O)C(C)(c2ccc(F)c(F)c2)O1.CC1(c2ccc(F)c(F)c2)OC(NS(=O)(=O)c2ccccc2)=C(O)C1=O. The molecule has 0 aromatic heterocycles. The molecule has 3 aromatic rings. The van der Waals surface area contributed by atoms with Gasteiger partial charge in [0, 0.05) is 18.1 Å². The van der Waals surface area contributed by atoms with Crippen molar-refractivity contribution in [1.29, 1.82) is 0 Å². The van der Waals surface area contributed by atoms with Crippen LogP contribution in [0.1, 0.15) is 31.9 Å². The van der Waals surface area contributed by atoms with E-state index in [1.54, 1.807) is 6.07 Å². The number of aliphatic hydroxyl groups is 2. The minimum Gasteiger partial charge on any atom is -0.501 e. The van der Waals surface area contributed by atoms with E-state index in [2.05, 4.69) is 5.32 Å².